The summed E-state index contributed by atoms with van der Waals surface area (Å²) in [7, 11) is 0. The van der Waals surface area contributed by atoms with Crippen molar-refractivity contribution in [3.63, 3.8) is 0 Å². The normalized spacial score (nSPS) is 23.1. The van der Waals surface area contributed by atoms with Gasteiger partial charge in [0.05, 0.1) is 19.1 Å². The molecule has 0 bridgehead atoms. The van der Waals surface area contributed by atoms with Gasteiger partial charge in [-0.15, -0.1) is 0 Å². The predicted molar refractivity (Wildman–Crippen MR) is 54.0 cm³/mol. The van der Waals surface area contributed by atoms with Crippen LogP contribution in [0.2, 0.25) is 0 Å². The highest BCUT2D eigenvalue weighted by Gasteiger charge is 2.19. The summed E-state index contributed by atoms with van der Waals surface area (Å²) in [6, 6.07) is -0.631. The van der Waals surface area contributed by atoms with Gasteiger partial charge >= 0.3 is 0 Å². The number of hydrogen-bond donors (Lipinski definition) is 3. The van der Waals surface area contributed by atoms with E-state index < -0.39 is 11.9 Å². The van der Waals surface area contributed by atoms with Gasteiger partial charge in [-0.1, -0.05) is 0 Å². The zero-order valence-electron chi connectivity index (χ0n) is 8.79. The fraction of sp³-hybridized carbons (Fsp3) is 0.778. The van der Waals surface area contributed by atoms with Gasteiger partial charge in [0.2, 0.25) is 11.8 Å². The van der Waals surface area contributed by atoms with Gasteiger partial charge in [-0.25, -0.2) is 0 Å². The summed E-state index contributed by atoms with van der Waals surface area (Å²) in [6.45, 7) is 3.65. The highest BCUT2D eigenvalue weighted by atomic mass is 16.5. The molecule has 0 spiro atoms. The molecular formula is C9H17N3O3. The van der Waals surface area contributed by atoms with E-state index in [0.29, 0.717) is 13.2 Å². The van der Waals surface area contributed by atoms with Crippen molar-refractivity contribution in [2.24, 2.45) is 5.73 Å². The van der Waals surface area contributed by atoms with E-state index in [0.717, 1.165) is 6.54 Å². The average molecular weight is 215 g/mol. The minimum absolute atomic E-state index is 0.112. The van der Waals surface area contributed by atoms with Crippen LogP contribution in [0.1, 0.15) is 13.3 Å². The van der Waals surface area contributed by atoms with E-state index in [2.05, 4.69) is 10.6 Å². The van der Waals surface area contributed by atoms with Gasteiger partial charge in [-0.2, -0.15) is 0 Å². The molecule has 4 N–H and O–H groups in total. The summed E-state index contributed by atoms with van der Waals surface area (Å²) in [5, 5.41) is 5.63. The molecule has 2 atom stereocenters. The number of rotatable bonds is 4. The Bertz CT molecular complexity index is 239. The number of amides is 2. The quantitative estimate of drug-likeness (QED) is 0.524. The Balaban J connectivity index is 2.25. The second kappa shape index (κ2) is 5.67. The third-order valence-electron chi connectivity index (χ3n) is 2.22. The van der Waals surface area contributed by atoms with Gasteiger partial charge in [-0.05, 0) is 6.92 Å². The van der Waals surface area contributed by atoms with Crippen LogP contribution < -0.4 is 16.4 Å². The first kappa shape index (κ1) is 11.9. The summed E-state index contributed by atoms with van der Waals surface area (Å²) < 4.78 is 5.35. The van der Waals surface area contributed by atoms with Crippen molar-refractivity contribution in [3.05, 3.63) is 0 Å². The first-order chi connectivity index (χ1) is 7.09. The maximum Gasteiger partial charge on any atom is 0.239 e. The summed E-state index contributed by atoms with van der Waals surface area (Å²) in [5.41, 5.74) is 5.02. The summed E-state index contributed by atoms with van der Waals surface area (Å²) >= 11 is 0. The van der Waals surface area contributed by atoms with Crippen molar-refractivity contribution in [1.29, 1.82) is 0 Å². The molecule has 1 rings (SSSR count). The molecule has 15 heavy (non-hydrogen) atoms. The molecule has 1 heterocycles. The second-order valence-electron chi connectivity index (χ2n) is 3.59. The van der Waals surface area contributed by atoms with Crippen molar-refractivity contribution in [2.75, 3.05) is 19.7 Å². The Kier molecular flexibility index (Phi) is 4.51. The molecule has 0 saturated carbocycles. The van der Waals surface area contributed by atoms with Crippen molar-refractivity contribution < 1.29 is 14.3 Å². The monoisotopic (exact) mass is 215 g/mol. The highest BCUT2D eigenvalue weighted by Crippen LogP contribution is 2.01. The molecule has 6 nitrogen and oxygen atoms in total. The minimum atomic E-state index is -0.631. The largest absolute Gasteiger partial charge is 0.375 e. The summed E-state index contributed by atoms with van der Waals surface area (Å²) in [4.78, 5) is 22.1. The zero-order chi connectivity index (χ0) is 11.3. The Morgan fingerprint density at radius 2 is 2.40 bits per heavy atom. The molecule has 0 aromatic rings. The van der Waals surface area contributed by atoms with Crippen LogP contribution in [0.4, 0.5) is 0 Å². The number of morpholine rings is 1. The number of carbonyl (C=O) groups is 2. The number of hydrogen-bond acceptors (Lipinski definition) is 4. The van der Waals surface area contributed by atoms with Crippen LogP contribution in [-0.2, 0) is 14.3 Å². The minimum Gasteiger partial charge on any atom is -0.375 e. The van der Waals surface area contributed by atoms with E-state index in [1.807, 2.05) is 0 Å². The topological polar surface area (TPSA) is 93.4 Å². The van der Waals surface area contributed by atoms with E-state index in [1.165, 1.54) is 0 Å². The molecule has 2 unspecified atom stereocenters. The van der Waals surface area contributed by atoms with Crippen LogP contribution in [0, 0.1) is 0 Å². The molecule has 0 aliphatic carbocycles. The van der Waals surface area contributed by atoms with Crippen molar-refractivity contribution >= 4 is 11.8 Å². The maximum absolute atomic E-state index is 11.4. The van der Waals surface area contributed by atoms with Crippen LogP contribution in [0.5, 0.6) is 0 Å². The van der Waals surface area contributed by atoms with Crippen LogP contribution in [-0.4, -0.2) is 43.7 Å². The number of nitrogens with two attached hydrogens (primary N) is 1. The molecule has 0 radical (unpaired) electrons. The molecular weight excluding hydrogens is 198 g/mol. The fourth-order valence-corrected chi connectivity index (χ4v) is 1.33. The Hall–Kier alpha value is -1.14. The lowest BCUT2D eigenvalue weighted by Gasteiger charge is -2.23. The predicted octanol–water partition coefficient (Wildman–Crippen LogP) is -1.65. The maximum atomic E-state index is 11.4. The lowest BCUT2D eigenvalue weighted by molar-refractivity contribution is -0.129. The van der Waals surface area contributed by atoms with Crippen LogP contribution in [0.3, 0.4) is 0 Å². The number of primary amides is 1. The van der Waals surface area contributed by atoms with E-state index >= 15 is 0 Å². The fourth-order valence-electron chi connectivity index (χ4n) is 1.33. The molecule has 86 valence electrons. The van der Waals surface area contributed by atoms with Crippen LogP contribution in [0.15, 0.2) is 0 Å². The lowest BCUT2D eigenvalue weighted by Crippen LogP contribution is -2.46. The third kappa shape index (κ3) is 4.26. The molecule has 6 heteroatoms. The Morgan fingerprint density at radius 3 is 2.93 bits per heavy atom. The molecule has 0 aromatic heterocycles. The van der Waals surface area contributed by atoms with Crippen LogP contribution in [0.25, 0.3) is 0 Å². The van der Waals surface area contributed by atoms with Gasteiger partial charge < -0.3 is 21.1 Å². The molecule has 2 amide bonds. The first-order valence-corrected chi connectivity index (χ1v) is 5.00. The van der Waals surface area contributed by atoms with Gasteiger partial charge in [0.1, 0.15) is 6.04 Å². The van der Waals surface area contributed by atoms with Gasteiger partial charge in [0, 0.05) is 13.1 Å². The van der Waals surface area contributed by atoms with Crippen molar-refractivity contribution in [2.45, 2.75) is 25.5 Å². The zero-order valence-corrected chi connectivity index (χ0v) is 8.79. The molecule has 1 fully saturated rings. The average Bonchev–Trinajstić information content (AvgIpc) is 2.18. The standard InChI is InChI=1S/C9H17N3O3/c1-6(9(10)14)12-8(13)4-7-5-11-2-3-15-7/h6-7,11H,2-5H2,1H3,(H2,10,14)(H,12,13). The first-order valence-electron chi connectivity index (χ1n) is 5.00. The lowest BCUT2D eigenvalue weighted by atomic mass is 10.2. The van der Waals surface area contributed by atoms with Gasteiger partial charge in [0.25, 0.3) is 0 Å². The molecule has 1 saturated heterocycles. The van der Waals surface area contributed by atoms with E-state index in [4.69, 9.17) is 10.5 Å². The summed E-state index contributed by atoms with van der Waals surface area (Å²) in [6.07, 6.45) is 0.142. The number of nitrogens with one attached hydrogen (secondary N) is 2. The van der Waals surface area contributed by atoms with E-state index in [-0.39, 0.29) is 18.4 Å². The SMILES string of the molecule is CC(NC(=O)CC1CNCCO1)C(N)=O. The van der Waals surface area contributed by atoms with Crippen molar-refractivity contribution in [3.8, 4) is 0 Å². The smallest absolute Gasteiger partial charge is 0.239 e. The number of ether oxygens (including phenoxy) is 1. The summed E-state index contributed by atoms with van der Waals surface area (Å²) in [5.74, 6) is -0.749. The highest BCUT2D eigenvalue weighted by molar-refractivity contribution is 5.86. The Labute approximate surface area is 88.5 Å². The van der Waals surface area contributed by atoms with E-state index in [1.54, 1.807) is 6.92 Å². The van der Waals surface area contributed by atoms with Gasteiger partial charge in [0.15, 0.2) is 0 Å². The Morgan fingerprint density at radius 1 is 1.67 bits per heavy atom. The second-order valence-corrected chi connectivity index (χ2v) is 3.59. The van der Waals surface area contributed by atoms with Crippen molar-refractivity contribution in [1.82, 2.24) is 10.6 Å². The third-order valence-corrected chi connectivity index (χ3v) is 2.22. The molecule has 0 aromatic carbocycles. The molecule has 1 aliphatic rings. The molecule has 1 aliphatic heterocycles. The van der Waals surface area contributed by atoms with E-state index in [9.17, 15) is 9.59 Å². The number of carbonyl (C=O) groups excluding carboxylic acids is 2. The van der Waals surface area contributed by atoms with Crippen LogP contribution >= 0.6 is 0 Å². The van der Waals surface area contributed by atoms with Gasteiger partial charge in [-0.3, -0.25) is 9.59 Å².